The number of amides is 3. The SMILES string of the molecule is CCOC(=O)C1=C(C)NC(=O)N[C@H]1c1ccc(OCC(=O)N/N=C/c2cc(I)c(OCc3ccc(Cl)cc3)c(OCC)c2)c(OC)c1. The molecule has 0 spiro atoms. The second-order valence-corrected chi connectivity index (χ2v) is 11.6. The zero-order chi connectivity index (χ0) is 33.9. The third-order valence-electron chi connectivity index (χ3n) is 6.68. The summed E-state index contributed by atoms with van der Waals surface area (Å²) in [6.45, 7) is 5.80. The summed E-state index contributed by atoms with van der Waals surface area (Å²) in [5, 5.41) is 10.0. The molecule has 3 N–H and O–H groups in total. The van der Waals surface area contributed by atoms with Gasteiger partial charge in [0, 0.05) is 10.7 Å². The summed E-state index contributed by atoms with van der Waals surface area (Å²) in [5.74, 6) is 0.653. The van der Waals surface area contributed by atoms with Gasteiger partial charge in [-0.2, -0.15) is 5.10 Å². The van der Waals surface area contributed by atoms with Crippen LogP contribution in [0, 0.1) is 3.57 Å². The Morgan fingerprint density at radius 3 is 2.47 bits per heavy atom. The lowest BCUT2D eigenvalue weighted by atomic mass is 9.95. The molecule has 0 aliphatic carbocycles. The molecular formula is C33H34ClIN4O8. The standard InChI is InChI=1S/C33H34ClIN4O8/c1-5-44-27-14-21(13-24(35)31(27)47-17-20-7-10-23(34)11-8-20)16-36-39-28(40)18-46-25-12-9-22(15-26(25)43-4)30-29(32(41)45-6-2)19(3)37-33(42)38-30/h7-16,30H,5-6,17-18H2,1-4H3,(H,39,40)(H2,37,38,42)/b36-16+/t30-/m0/s1. The number of allylic oxidation sites excluding steroid dienone is 1. The van der Waals surface area contributed by atoms with E-state index in [1.54, 1.807) is 50.2 Å². The number of halogens is 2. The fourth-order valence-corrected chi connectivity index (χ4v) is 5.47. The first-order chi connectivity index (χ1) is 22.6. The van der Waals surface area contributed by atoms with E-state index in [2.05, 4.69) is 43.8 Å². The Hall–Kier alpha value is -4.50. The molecule has 0 saturated heterocycles. The van der Waals surface area contributed by atoms with Gasteiger partial charge in [-0.05, 0) is 96.5 Å². The number of carbonyl (C=O) groups is 3. The van der Waals surface area contributed by atoms with Crippen molar-refractivity contribution in [2.45, 2.75) is 33.4 Å². The van der Waals surface area contributed by atoms with Crippen LogP contribution >= 0.6 is 34.2 Å². The van der Waals surface area contributed by atoms with Crippen LogP contribution in [0.1, 0.15) is 43.5 Å². The lowest BCUT2D eigenvalue weighted by molar-refractivity contribution is -0.139. The van der Waals surface area contributed by atoms with Gasteiger partial charge in [0.1, 0.15) is 6.61 Å². The highest BCUT2D eigenvalue weighted by molar-refractivity contribution is 14.1. The quantitative estimate of drug-likeness (QED) is 0.0825. The molecular weight excluding hydrogens is 743 g/mol. The van der Waals surface area contributed by atoms with Crippen molar-refractivity contribution in [1.29, 1.82) is 0 Å². The van der Waals surface area contributed by atoms with Crippen LogP contribution in [-0.4, -0.2) is 51.1 Å². The average Bonchev–Trinajstić information content (AvgIpc) is 3.04. The molecule has 14 heteroatoms. The second-order valence-electron chi connectivity index (χ2n) is 9.96. The third kappa shape index (κ3) is 9.51. The number of hydrogen-bond donors (Lipinski definition) is 3. The summed E-state index contributed by atoms with van der Waals surface area (Å²) in [6, 6.07) is 14.7. The lowest BCUT2D eigenvalue weighted by Crippen LogP contribution is -2.45. The van der Waals surface area contributed by atoms with Gasteiger partial charge in [-0.3, -0.25) is 4.79 Å². The van der Waals surface area contributed by atoms with Crippen molar-refractivity contribution in [3.05, 3.63) is 91.2 Å². The van der Waals surface area contributed by atoms with Crippen LogP contribution < -0.4 is 35.0 Å². The molecule has 0 unspecified atom stereocenters. The fraction of sp³-hybridized carbons (Fsp3) is 0.273. The molecule has 1 aliphatic rings. The molecule has 0 fully saturated rings. The van der Waals surface area contributed by atoms with Crippen molar-refractivity contribution >= 4 is 58.3 Å². The Labute approximate surface area is 290 Å². The van der Waals surface area contributed by atoms with Gasteiger partial charge in [-0.25, -0.2) is 15.0 Å². The first kappa shape index (κ1) is 35.4. The summed E-state index contributed by atoms with van der Waals surface area (Å²) < 4.78 is 29.0. The number of ether oxygens (including phenoxy) is 5. The van der Waals surface area contributed by atoms with E-state index < -0.39 is 23.9 Å². The molecule has 3 aromatic rings. The molecule has 1 aliphatic heterocycles. The molecule has 1 heterocycles. The molecule has 0 radical (unpaired) electrons. The molecule has 0 bridgehead atoms. The maximum Gasteiger partial charge on any atom is 0.338 e. The number of carbonyl (C=O) groups excluding carboxylic acids is 3. The number of hydrogen-bond acceptors (Lipinski definition) is 9. The van der Waals surface area contributed by atoms with E-state index in [0.717, 1.165) is 9.13 Å². The largest absolute Gasteiger partial charge is 0.493 e. The predicted molar refractivity (Wildman–Crippen MR) is 184 cm³/mol. The number of benzene rings is 3. The summed E-state index contributed by atoms with van der Waals surface area (Å²) in [7, 11) is 1.44. The fourth-order valence-electron chi connectivity index (χ4n) is 4.56. The van der Waals surface area contributed by atoms with E-state index >= 15 is 0 Å². The first-order valence-corrected chi connectivity index (χ1v) is 16.0. The molecule has 47 heavy (non-hydrogen) atoms. The number of urea groups is 1. The monoisotopic (exact) mass is 776 g/mol. The van der Waals surface area contributed by atoms with Crippen LogP contribution in [0.4, 0.5) is 4.79 Å². The van der Waals surface area contributed by atoms with Gasteiger partial charge in [0.25, 0.3) is 5.91 Å². The minimum absolute atomic E-state index is 0.180. The minimum atomic E-state index is -0.779. The summed E-state index contributed by atoms with van der Waals surface area (Å²) in [5.41, 5.74) is 5.30. The van der Waals surface area contributed by atoms with Gasteiger partial charge in [0.2, 0.25) is 0 Å². The normalized spacial score (nSPS) is 14.3. The van der Waals surface area contributed by atoms with Gasteiger partial charge < -0.3 is 34.3 Å². The Balaban J connectivity index is 1.38. The maximum absolute atomic E-state index is 12.6. The van der Waals surface area contributed by atoms with Gasteiger partial charge in [0.05, 0.1) is 41.7 Å². The molecule has 4 rings (SSSR count). The van der Waals surface area contributed by atoms with Gasteiger partial charge in [-0.1, -0.05) is 29.8 Å². The van der Waals surface area contributed by atoms with Crippen LogP contribution in [0.3, 0.4) is 0 Å². The van der Waals surface area contributed by atoms with Gasteiger partial charge in [-0.15, -0.1) is 0 Å². The summed E-state index contributed by atoms with van der Waals surface area (Å²) in [6.07, 6.45) is 1.49. The molecule has 3 amide bonds. The first-order valence-electron chi connectivity index (χ1n) is 14.5. The van der Waals surface area contributed by atoms with E-state index in [0.29, 0.717) is 52.3 Å². The number of methoxy groups -OCH3 is 1. The minimum Gasteiger partial charge on any atom is -0.493 e. The predicted octanol–water partition coefficient (Wildman–Crippen LogP) is 5.65. The second kappa shape index (κ2) is 16.9. The van der Waals surface area contributed by atoms with E-state index in [4.69, 9.17) is 35.3 Å². The van der Waals surface area contributed by atoms with Crippen LogP contribution in [0.5, 0.6) is 23.0 Å². The zero-order valence-corrected chi connectivity index (χ0v) is 29.1. The van der Waals surface area contributed by atoms with E-state index in [-0.39, 0.29) is 24.5 Å². The van der Waals surface area contributed by atoms with Crippen molar-refractivity contribution in [2.75, 3.05) is 26.9 Å². The lowest BCUT2D eigenvalue weighted by Gasteiger charge is -2.28. The average molecular weight is 777 g/mol. The number of hydrazone groups is 1. The summed E-state index contributed by atoms with van der Waals surface area (Å²) in [4.78, 5) is 37.4. The van der Waals surface area contributed by atoms with Crippen molar-refractivity contribution in [1.82, 2.24) is 16.1 Å². The number of esters is 1. The van der Waals surface area contributed by atoms with Gasteiger partial charge >= 0.3 is 12.0 Å². The van der Waals surface area contributed by atoms with Crippen LogP contribution in [0.2, 0.25) is 5.02 Å². The smallest absolute Gasteiger partial charge is 0.338 e. The zero-order valence-electron chi connectivity index (χ0n) is 26.1. The Morgan fingerprint density at radius 2 is 1.77 bits per heavy atom. The number of nitrogens with one attached hydrogen (secondary N) is 3. The number of nitrogens with zero attached hydrogens (tertiary/aromatic N) is 1. The summed E-state index contributed by atoms with van der Waals surface area (Å²) >= 11 is 8.14. The highest BCUT2D eigenvalue weighted by Gasteiger charge is 2.32. The Morgan fingerprint density at radius 1 is 1.00 bits per heavy atom. The number of rotatable bonds is 14. The third-order valence-corrected chi connectivity index (χ3v) is 7.73. The van der Waals surface area contributed by atoms with E-state index in [1.807, 2.05) is 25.1 Å². The Kier molecular flexibility index (Phi) is 12.7. The van der Waals surface area contributed by atoms with Crippen molar-refractivity contribution in [2.24, 2.45) is 5.10 Å². The highest BCUT2D eigenvalue weighted by atomic mass is 127. The maximum atomic E-state index is 12.6. The van der Waals surface area contributed by atoms with Gasteiger partial charge in [0.15, 0.2) is 29.6 Å². The van der Waals surface area contributed by atoms with Crippen molar-refractivity contribution < 1.29 is 38.1 Å². The molecule has 0 saturated carbocycles. The van der Waals surface area contributed by atoms with Crippen molar-refractivity contribution in [3.63, 3.8) is 0 Å². The molecule has 3 aromatic carbocycles. The molecule has 0 aromatic heterocycles. The van der Waals surface area contributed by atoms with Crippen molar-refractivity contribution in [3.8, 4) is 23.0 Å². The van der Waals surface area contributed by atoms with E-state index in [9.17, 15) is 14.4 Å². The van der Waals surface area contributed by atoms with Crippen LogP contribution in [0.25, 0.3) is 0 Å². The molecule has 1 atom stereocenters. The topological polar surface area (TPSA) is 146 Å². The molecule has 12 nitrogen and oxygen atoms in total. The van der Waals surface area contributed by atoms with Crippen LogP contribution in [0.15, 0.2) is 71.0 Å². The van der Waals surface area contributed by atoms with E-state index in [1.165, 1.54) is 13.3 Å². The highest BCUT2D eigenvalue weighted by Crippen LogP contribution is 2.36. The molecule has 248 valence electrons. The van der Waals surface area contributed by atoms with Crippen LogP contribution in [-0.2, 0) is 20.9 Å². The Bertz CT molecular complexity index is 1680.